The predicted octanol–water partition coefficient (Wildman–Crippen LogP) is 0.374. The van der Waals surface area contributed by atoms with Crippen LogP contribution in [0.4, 0.5) is 10.5 Å². The number of aromatic carboxylic acids is 1. The molecule has 1 fully saturated rings. The molecular weight excluding hydrogens is 276 g/mol. The van der Waals surface area contributed by atoms with Gasteiger partial charge < -0.3 is 20.4 Å². The van der Waals surface area contributed by atoms with Gasteiger partial charge in [-0.3, -0.25) is 5.43 Å². The van der Waals surface area contributed by atoms with Crippen LogP contribution in [0.25, 0.3) is 0 Å². The maximum atomic E-state index is 11.8. The first-order valence-electron chi connectivity index (χ1n) is 6.53. The third kappa shape index (κ3) is 4.07. The Morgan fingerprint density at radius 1 is 1.19 bits per heavy atom. The smallest absolute Gasteiger partial charge is 0.335 e. The third-order valence-electron chi connectivity index (χ3n) is 3.26. The summed E-state index contributed by atoms with van der Waals surface area (Å²) < 4.78 is 0. The van der Waals surface area contributed by atoms with E-state index in [1.807, 2.05) is 7.05 Å². The third-order valence-corrected chi connectivity index (χ3v) is 3.26. The van der Waals surface area contributed by atoms with E-state index in [4.69, 9.17) is 5.11 Å². The SMILES string of the molecule is CN1CCN(NC(=O)Nc2ccc(C(=O)O)cc2O)CC1. The summed E-state index contributed by atoms with van der Waals surface area (Å²) in [7, 11) is 2.01. The molecule has 0 unspecified atom stereocenters. The highest BCUT2D eigenvalue weighted by atomic mass is 16.4. The van der Waals surface area contributed by atoms with Gasteiger partial charge in [0.25, 0.3) is 0 Å². The maximum absolute atomic E-state index is 11.8. The van der Waals surface area contributed by atoms with Crippen molar-refractivity contribution in [3.05, 3.63) is 23.8 Å². The van der Waals surface area contributed by atoms with Gasteiger partial charge in [-0.15, -0.1) is 0 Å². The molecule has 0 radical (unpaired) electrons. The largest absolute Gasteiger partial charge is 0.506 e. The van der Waals surface area contributed by atoms with Gasteiger partial charge in [0.1, 0.15) is 5.75 Å². The Bertz CT molecular complexity index is 541. The normalized spacial score (nSPS) is 16.4. The molecule has 1 aromatic rings. The summed E-state index contributed by atoms with van der Waals surface area (Å²) >= 11 is 0. The molecule has 2 amide bonds. The number of urea groups is 1. The van der Waals surface area contributed by atoms with E-state index in [0.717, 1.165) is 19.2 Å². The van der Waals surface area contributed by atoms with E-state index in [9.17, 15) is 14.7 Å². The molecule has 0 bridgehead atoms. The number of carboxylic acid groups (broad SMARTS) is 1. The molecule has 21 heavy (non-hydrogen) atoms. The number of hydrogen-bond donors (Lipinski definition) is 4. The van der Waals surface area contributed by atoms with Crippen LogP contribution in [0.3, 0.4) is 0 Å². The second kappa shape index (κ2) is 6.42. The number of aromatic hydroxyl groups is 1. The van der Waals surface area contributed by atoms with Gasteiger partial charge in [-0.2, -0.15) is 0 Å². The van der Waals surface area contributed by atoms with E-state index in [0.29, 0.717) is 13.1 Å². The van der Waals surface area contributed by atoms with E-state index in [1.165, 1.54) is 12.1 Å². The Balaban J connectivity index is 1.92. The topological polar surface area (TPSA) is 105 Å². The number of anilines is 1. The summed E-state index contributed by atoms with van der Waals surface area (Å²) in [6.07, 6.45) is 0. The summed E-state index contributed by atoms with van der Waals surface area (Å²) in [4.78, 5) is 24.7. The number of phenolic OH excluding ortho intramolecular Hbond substituents is 1. The van der Waals surface area contributed by atoms with Crippen molar-refractivity contribution in [1.29, 1.82) is 0 Å². The fourth-order valence-corrected chi connectivity index (χ4v) is 1.98. The van der Waals surface area contributed by atoms with Crippen LogP contribution in [0, 0.1) is 0 Å². The van der Waals surface area contributed by atoms with Crippen molar-refractivity contribution in [2.24, 2.45) is 0 Å². The monoisotopic (exact) mass is 294 g/mol. The first-order valence-corrected chi connectivity index (χ1v) is 6.53. The molecule has 0 saturated carbocycles. The molecule has 4 N–H and O–H groups in total. The number of nitrogens with one attached hydrogen (secondary N) is 2. The Labute approximate surface area is 121 Å². The number of carbonyl (C=O) groups excluding carboxylic acids is 1. The number of carboxylic acids is 1. The highest BCUT2D eigenvalue weighted by molar-refractivity contribution is 5.93. The first kappa shape index (κ1) is 15.1. The van der Waals surface area contributed by atoms with Crippen LogP contribution in [-0.2, 0) is 0 Å². The van der Waals surface area contributed by atoms with Gasteiger partial charge in [0.05, 0.1) is 11.3 Å². The summed E-state index contributed by atoms with van der Waals surface area (Å²) in [6.45, 7) is 3.15. The quantitative estimate of drug-likeness (QED) is 0.601. The van der Waals surface area contributed by atoms with Crippen molar-refractivity contribution in [1.82, 2.24) is 15.3 Å². The number of carbonyl (C=O) groups is 2. The Kier molecular flexibility index (Phi) is 4.61. The van der Waals surface area contributed by atoms with Gasteiger partial charge >= 0.3 is 12.0 Å². The minimum atomic E-state index is -1.14. The lowest BCUT2D eigenvalue weighted by Crippen LogP contribution is -2.53. The van der Waals surface area contributed by atoms with Gasteiger partial charge in [0.2, 0.25) is 0 Å². The van der Waals surface area contributed by atoms with Crippen LogP contribution in [-0.4, -0.2) is 65.3 Å². The Morgan fingerprint density at radius 3 is 2.43 bits per heavy atom. The average Bonchev–Trinajstić information content (AvgIpc) is 2.43. The van der Waals surface area contributed by atoms with Crippen LogP contribution in [0.15, 0.2) is 18.2 Å². The number of benzene rings is 1. The Hall–Kier alpha value is -2.32. The zero-order valence-electron chi connectivity index (χ0n) is 11.7. The number of hydrazine groups is 1. The number of amides is 2. The standard InChI is InChI=1S/C13H18N4O4/c1-16-4-6-17(7-5-16)15-13(21)14-10-3-2-9(12(19)20)8-11(10)18/h2-3,8,18H,4-7H2,1H3,(H,19,20)(H2,14,15,21). The lowest BCUT2D eigenvalue weighted by Gasteiger charge is -2.32. The molecule has 0 aromatic heterocycles. The van der Waals surface area contributed by atoms with E-state index in [-0.39, 0.29) is 17.0 Å². The van der Waals surface area contributed by atoms with Crippen molar-refractivity contribution >= 4 is 17.7 Å². The average molecular weight is 294 g/mol. The van der Waals surface area contributed by atoms with Crippen molar-refractivity contribution in [3.63, 3.8) is 0 Å². The molecule has 114 valence electrons. The molecule has 8 nitrogen and oxygen atoms in total. The number of hydrogen-bond acceptors (Lipinski definition) is 5. The molecule has 1 aliphatic heterocycles. The first-order chi connectivity index (χ1) is 9.95. The van der Waals surface area contributed by atoms with Gasteiger partial charge in [0, 0.05) is 26.2 Å². The number of phenols is 1. The summed E-state index contributed by atoms with van der Waals surface area (Å²) in [6, 6.07) is 3.28. The van der Waals surface area contributed by atoms with Crippen LogP contribution in [0.5, 0.6) is 5.75 Å². The fourth-order valence-electron chi connectivity index (χ4n) is 1.98. The van der Waals surface area contributed by atoms with E-state index < -0.39 is 12.0 Å². The van der Waals surface area contributed by atoms with Gasteiger partial charge in [-0.05, 0) is 25.2 Å². The van der Waals surface area contributed by atoms with E-state index in [1.54, 1.807) is 5.01 Å². The van der Waals surface area contributed by atoms with Crippen molar-refractivity contribution < 1.29 is 19.8 Å². The minimum Gasteiger partial charge on any atom is -0.506 e. The van der Waals surface area contributed by atoms with Crippen LogP contribution >= 0.6 is 0 Å². The minimum absolute atomic E-state index is 0.0440. The van der Waals surface area contributed by atoms with E-state index >= 15 is 0 Å². The van der Waals surface area contributed by atoms with Crippen molar-refractivity contribution in [2.45, 2.75) is 0 Å². The molecule has 1 aromatic carbocycles. The molecule has 0 atom stereocenters. The lowest BCUT2D eigenvalue weighted by molar-refractivity contribution is 0.0696. The van der Waals surface area contributed by atoms with Crippen molar-refractivity contribution in [3.8, 4) is 5.75 Å². The predicted molar refractivity (Wildman–Crippen MR) is 76.3 cm³/mol. The van der Waals surface area contributed by atoms with Gasteiger partial charge in [0.15, 0.2) is 0 Å². The summed E-state index contributed by atoms with van der Waals surface area (Å²) in [5, 5.41) is 22.8. The number of piperazine rings is 1. The second-order valence-electron chi connectivity index (χ2n) is 4.89. The van der Waals surface area contributed by atoms with Crippen LogP contribution in [0.2, 0.25) is 0 Å². The molecule has 1 heterocycles. The molecule has 1 aliphatic rings. The molecule has 1 saturated heterocycles. The number of nitrogens with zero attached hydrogens (tertiary/aromatic N) is 2. The fraction of sp³-hybridized carbons (Fsp3) is 0.385. The molecular formula is C13H18N4O4. The second-order valence-corrected chi connectivity index (χ2v) is 4.89. The number of rotatable bonds is 3. The van der Waals surface area contributed by atoms with Crippen LogP contribution in [0.1, 0.15) is 10.4 Å². The lowest BCUT2D eigenvalue weighted by atomic mass is 10.2. The highest BCUT2D eigenvalue weighted by Gasteiger charge is 2.16. The zero-order valence-corrected chi connectivity index (χ0v) is 11.7. The molecule has 2 rings (SSSR count). The van der Waals surface area contributed by atoms with E-state index in [2.05, 4.69) is 15.6 Å². The maximum Gasteiger partial charge on any atom is 0.335 e. The highest BCUT2D eigenvalue weighted by Crippen LogP contribution is 2.24. The van der Waals surface area contributed by atoms with Crippen molar-refractivity contribution in [2.75, 3.05) is 38.5 Å². The molecule has 0 spiro atoms. The molecule has 8 heteroatoms. The Morgan fingerprint density at radius 2 is 1.86 bits per heavy atom. The van der Waals surface area contributed by atoms with Crippen LogP contribution < -0.4 is 10.7 Å². The summed E-state index contributed by atoms with van der Waals surface area (Å²) in [5.41, 5.74) is 2.80. The number of likely N-dealkylation sites (N-methyl/N-ethyl adjacent to an activating group) is 1. The molecule has 0 aliphatic carbocycles. The van der Waals surface area contributed by atoms with Gasteiger partial charge in [-0.25, -0.2) is 14.6 Å². The zero-order chi connectivity index (χ0) is 15.4. The summed E-state index contributed by atoms with van der Waals surface area (Å²) in [5.74, 6) is -1.43. The van der Waals surface area contributed by atoms with Gasteiger partial charge in [-0.1, -0.05) is 0 Å².